The Morgan fingerprint density at radius 3 is 2.58 bits per heavy atom. The zero-order valence-electron chi connectivity index (χ0n) is 20.4. The minimum Gasteiger partial charge on any atom is -0.492 e. The number of fused-ring (bicyclic) bond motifs is 1. The summed E-state index contributed by atoms with van der Waals surface area (Å²) in [5, 5.41) is 4.66. The van der Waals surface area contributed by atoms with Crippen molar-refractivity contribution < 1.29 is 4.74 Å². The Balaban J connectivity index is 1.55. The van der Waals surface area contributed by atoms with Gasteiger partial charge in [-0.3, -0.25) is 14.3 Å². The fourth-order valence-corrected chi connectivity index (χ4v) is 5.17. The van der Waals surface area contributed by atoms with Crippen molar-refractivity contribution in [2.75, 3.05) is 26.2 Å². The van der Waals surface area contributed by atoms with Crippen molar-refractivity contribution in [2.45, 2.75) is 32.0 Å². The lowest BCUT2D eigenvalue weighted by Crippen LogP contribution is -2.55. The third-order valence-electron chi connectivity index (χ3n) is 6.80. The molecule has 6 nitrogen and oxygen atoms in total. The van der Waals surface area contributed by atoms with Crippen molar-refractivity contribution in [3.05, 3.63) is 106 Å². The van der Waals surface area contributed by atoms with Crippen LogP contribution in [0.5, 0.6) is 5.75 Å². The van der Waals surface area contributed by atoms with Crippen LogP contribution in [0.25, 0.3) is 10.9 Å². The Labute approximate surface area is 216 Å². The van der Waals surface area contributed by atoms with Gasteiger partial charge in [0.05, 0.1) is 29.5 Å². The van der Waals surface area contributed by atoms with Crippen LogP contribution in [-0.4, -0.2) is 46.7 Å². The third-order valence-corrected chi connectivity index (χ3v) is 7.03. The van der Waals surface area contributed by atoms with Crippen LogP contribution in [-0.2, 0) is 6.54 Å². The van der Waals surface area contributed by atoms with E-state index in [-0.39, 0.29) is 17.6 Å². The Morgan fingerprint density at radius 1 is 1.08 bits per heavy atom. The van der Waals surface area contributed by atoms with E-state index in [1.165, 1.54) is 0 Å². The van der Waals surface area contributed by atoms with Crippen LogP contribution < -0.4 is 15.6 Å². The number of halogens is 1. The molecule has 2 unspecified atom stereocenters. The van der Waals surface area contributed by atoms with Gasteiger partial charge in [0.1, 0.15) is 18.2 Å². The molecular formula is C29H31ClN4O2. The number of piperazine rings is 1. The molecule has 3 aromatic carbocycles. The molecule has 0 radical (unpaired) electrons. The van der Waals surface area contributed by atoms with E-state index in [4.69, 9.17) is 21.3 Å². The van der Waals surface area contributed by atoms with E-state index in [0.29, 0.717) is 29.1 Å². The molecule has 1 saturated heterocycles. The van der Waals surface area contributed by atoms with Gasteiger partial charge in [-0.25, -0.2) is 4.98 Å². The van der Waals surface area contributed by atoms with Gasteiger partial charge in [-0.15, -0.1) is 0 Å². The Hall–Kier alpha value is -3.19. The normalized spacial score (nSPS) is 17.2. The van der Waals surface area contributed by atoms with E-state index in [0.717, 1.165) is 43.2 Å². The van der Waals surface area contributed by atoms with Gasteiger partial charge in [0.15, 0.2) is 0 Å². The number of para-hydroxylation sites is 1. The molecule has 1 aliphatic rings. The second-order valence-corrected chi connectivity index (χ2v) is 9.59. The summed E-state index contributed by atoms with van der Waals surface area (Å²) in [4.78, 5) is 21.3. The number of benzene rings is 3. The van der Waals surface area contributed by atoms with Gasteiger partial charge < -0.3 is 10.1 Å². The molecular weight excluding hydrogens is 472 g/mol. The molecule has 0 spiro atoms. The number of hydrogen-bond donors (Lipinski definition) is 1. The molecule has 1 fully saturated rings. The molecule has 4 aromatic rings. The number of rotatable bonds is 8. The van der Waals surface area contributed by atoms with Crippen LogP contribution in [0.15, 0.2) is 83.7 Å². The van der Waals surface area contributed by atoms with Gasteiger partial charge in [0, 0.05) is 24.7 Å². The second-order valence-electron chi connectivity index (χ2n) is 9.15. The summed E-state index contributed by atoms with van der Waals surface area (Å²) < 4.78 is 8.00. The fraction of sp³-hybridized carbons (Fsp3) is 0.310. The van der Waals surface area contributed by atoms with E-state index in [2.05, 4.69) is 17.1 Å². The van der Waals surface area contributed by atoms with E-state index >= 15 is 0 Å². The Bertz CT molecular complexity index is 1360. The summed E-state index contributed by atoms with van der Waals surface area (Å²) in [6, 6.07) is 25.4. The van der Waals surface area contributed by atoms with Crippen molar-refractivity contribution >= 4 is 22.5 Å². The van der Waals surface area contributed by atoms with Crippen LogP contribution >= 0.6 is 11.6 Å². The lowest BCUT2D eigenvalue weighted by Gasteiger charge is -2.41. The molecule has 36 heavy (non-hydrogen) atoms. The van der Waals surface area contributed by atoms with Crippen molar-refractivity contribution in [3.8, 4) is 5.75 Å². The first-order chi connectivity index (χ1) is 17.6. The molecule has 2 atom stereocenters. The quantitative estimate of drug-likeness (QED) is 0.371. The minimum absolute atomic E-state index is 0.0406. The van der Waals surface area contributed by atoms with E-state index < -0.39 is 0 Å². The molecule has 7 heteroatoms. The lowest BCUT2D eigenvalue weighted by molar-refractivity contribution is 0.0624. The zero-order chi connectivity index (χ0) is 24.9. The number of ether oxygens (including phenoxy) is 1. The topological polar surface area (TPSA) is 59.4 Å². The molecule has 1 aliphatic heterocycles. The van der Waals surface area contributed by atoms with E-state index in [1.807, 2.05) is 65.2 Å². The highest BCUT2D eigenvalue weighted by atomic mass is 35.5. The van der Waals surface area contributed by atoms with Crippen LogP contribution in [0.2, 0.25) is 5.02 Å². The van der Waals surface area contributed by atoms with Crippen molar-refractivity contribution in [1.29, 1.82) is 0 Å². The first-order valence-corrected chi connectivity index (χ1v) is 12.9. The standard InChI is InChI=1S/C29H31ClN4O2/c1-2-27(33-16-15-31-18-23(33)20-36-24-11-7-4-8-12-24)28-32-26-17-22(30)13-14-25(26)29(35)34(28)19-21-9-5-3-6-10-21/h3-14,17,23,27,31H,2,15-16,18-20H2,1H3. The van der Waals surface area contributed by atoms with Gasteiger partial charge >= 0.3 is 0 Å². The highest BCUT2D eigenvalue weighted by Gasteiger charge is 2.32. The average molecular weight is 503 g/mol. The minimum atomic E-state index is -0.0451. The largest absolute Gasteiger partial charge is 0.492 e. The van der Waals surface area contributed by atoms with Crippen LogP contribution in [0.4, 0.5) is 0 Å². The highest BCUT2D eigenvalue weighted by molar-refractivity contribution is 6.31. The monoisotopic (exact) mass is 502 g/mol. The number of nitrogens with one attached hydrogen (secondary N) is 1. The molecule has 0 bridgehead atoms. The smallest absolute Gasteiger partial charge is 0.261 e. The Morgan fingerprint density at radius 2 is 1.83 bits per heavy atom. The van der Waals surface area contributed by atoms with Crippen molar-refractivity contribution in [3.63, 3.8) is 0 Å². The zero-order valence-corrected chi connectivity index (χ0v) is 21.2. The van der Waals surface area contributed by atoms with Gasteiger partial charge in [0.2, 0.25) is 0 Å². The molecule has 0 amide bonds. The van der Waals surface area contributed by atoms with Crippen LogP contribution in [0, 0.1) is 0 Å². The molecule has 2 heterocycles. The maximum absolute atomic E-state index is 13.8. The summed E-state index contributed by atoms with van der Waals surface area (Å²) in [6.45, 7) is 5.70. The Kier molecular flexibility index (Phi) is 7.66. The van der Waals surface area contributed by atoms with E-state index in [1.54, 1.807) is 18.2 Å². The van der Waals surface area contributed by atoms with Gasteiger partial charge in [0.25, 0.3) is 5.56 Å². The molecule has 1 N–H and O–H groups in total. The summed E-state index contributed by atoms with van der Waals surface area (Å²) in [7, 11) is 0. The summed E-state index contributed by atoms with van der Waals surface area (Å²) in [5.41, 5.74) is 1.66. The first kappa shape index (κ1) is 24.5. The number of hydrogen-bond acceptors (Lipinski definition) is 5. The summed E-state index contributed by atoms with van der Waals surface area (Å²) in [6.07, 6.45) is 0.815. The molecule has 186 valence electrons. The molecule has 0 saturated carbocycles. The number of nitrogens with zero attached hydrogens (tertiary/aromatic N) is 3. The maximum atomic E-state index is 13.8. The molecule has 1 aromatic heterocycles. The fourth-order valence-electron chi connectivity index (χ4n) is 5.00. The SMILES string of the molecule is CCC(c1nc2cc(Cl)ccc2c(=O)n1Cc1ccccc1)N1CCNCC1COc1ccccc1. The van der Waals surface area contributed by atoms with Crippen LogP contribution in [0.3, 0.4) is 0 Å². The van der Waals surface area contributed by atoms with Crippen LogP contribution in [0.1, 0.15) is 30.8 Å². The highest BCUT2D eigenvalue weighted by Crippen LogP contribution is 2.28. The van der Waals surface area contributed by atoms with Gasteiger partial charge in [-0.05, 0) is 42.3 Å². The second kappa shape index (κ2) is 11.2. The summed E-state index contributed by atoms with van der Waals surface area (Å²) in [5.74, 6) is 1.63. The predicted molar refractivity (Wildman–Crippen MR) is 145 cm³/mol. The summed E-state index contributed by atoms with van der Waals surface area (Å²) >= 11 is 6.29. The lowest BCUT2D eigenvalue weighted by atomic mass is 10.1. The molecule has 0 aliphatic carbocycles. The first-order valence-electron chi connectivity index (χ1n) is 12.5. The predicted octanol–water partition coefficient (Wildman–Crippen LogP) is 4.90. The van der Waals surface area contributed by atoms with E-state index in [9.17, 15) is 4.79 Å². The van der Waals surface area contributed by atoms with Gasteiger partial charge in [-0.1, -0.05) is 67.1 Å². The third kappa shape index (κ3) is 5.31. The van der Waals surface area contributed by atoms with Crippen molar-refractivity contribution in [1.82, 2.24) is 19.8 Å². The van der Waals surface area contributed by atoms with Gasteiger partial charge in [-0.2, -0.15) is 0 Å². The van der Waals surface area contributed by atoms with Crippen molar-refractivity contribution in [2.24, 2.45) is 0 Å². The average Bonchev–Trinajstić information content (AvgIpc) is 2.91. The maximum Gasteiger partial charge on any atom is 0.261 e. The number of aromatic nitrogens is 2. The molecule has 5 rings (SSSR count).